The van der Waals surface area contributed by atoms with Crippen molar-refractivity contribution in [3.8, 4) is 0 Å². The van der Waals surface area contributed by atoms with Crippen LogP contribution in [0.2, 0.25) is 15.1 Å². The van der Waals surface area contributed by atoms with Crippen molar-refractivity contribution in [2.45, 2.75) is 23.9 Å². The van der Waals surface area contributed by atoms with Gasteiger partial charge >= 0.3 is 5.97 Å². The van der Waals surface area contributed by atoms with Crippen molar-refractivity contribution in [2.75, 3.05) is 6.26 Å². The summed E-state index contributed by atoms with van der Waals surface area (Å²) in [6.45, 7) is 0.217. The number of sulfone groups is 1. The number of aliphatic carboxylic acids is 1. The second kappa shape index (κ2) is 12.0. The largest absolute Gasteiger partial charge is 0.480 e. The zero-order valence-corrected chi connectivity index (χ0v) is 22.4. The Labute approximate surface area is 228 Å². The monoisotopic (exact) mass is 582 g/mol. The summed E-state index contributed by atoms with van der Waals surface area (Å²) in [5.74, 6) is -2.70. The van der Waals surface area contributed by atoms with Gasteiger partial charge in [-0.15, -0.1) is 0 Å². The molecule has 0 unspecified atom stereocenters. The normalized spacial score (nSPS) is 12.0. The summed E-state index contributed by atoms with van der Waals surface area (Å²) in [5, 5.41) is 15.0. The number of rotatable bonds is 9. The summed E-state index contributed by atoms with van der Waals surface area (Å²) < 4.78 is 23.6. The third-order valence-corrected chi connectivity index (χ3v) is 7.23. The van der Waals surface area contributed by atoms with Gasteiger partial charge in [0.1, 0.15) is 6.04 Å². The van der Waals surface area contributed by atoms with Gasteiger partial charge in [-0.25, -0.2) is 13.2 Å². The molecular formula is C25H21Cl3N2O6S. The molecule has 3 aromatic carbocycles. The molecule has 8 nitrogen and oxygen atoms in total. The molecule has 12 heteroatoms. The van der Waals surface area contributed by atoms with E-state index in [4.69, 9.17) is 34.8 Å². The van der Waals surface area contributed by atoms with Gasteiger partial charge in [0.25, 0.3) is 11.8 Å². The van der Waals surface area contributed by atoms with E-state index < -0.39 is 33.7 Å². The first-order valence-corrected chi connectivity index (χ1v) is 13.7. The van der Waals surface area contributed by atoms with E-state index in [1.165, 1.54) is 30.3 Å². The van der Waals surface area contributed by atoms with Gasteiger partial charge in [-0.3, -0.25) is 9.59 Å². The third kappa shape index (κ3) is 7.69. The fourth-order valence-electron chi connectivity index (χ4n) is 3.38. The van der Waals surface area contributed by atoms with Crippen LogP contribution in [0.3, 0.4) is 0 Å². The summed E-state index contributed by atoms with van der Waals surface area (Å²) in [4.78, 5) is 37.3. The summed E-state index contributed by atoms with van der Waals surface area (Å²) in [5.41, 5.74) is 1.11. The number of carbonyl (C=O) groups excluding carboxylic acids is 2. The highest BCUT2D eigenvalue weighted by Crippen LogP contribution is 2.27. The summed E-state index contributed by atoms with van der Waals surface area (Å²) in [6.07, 6.45) is 0.846. The summed E-state index contributed by atoms with van der Waals surface area (Å²) >= 11 is 18.3. The number of nitrogens with one attached hydrogen (secondary N) is 2. The molecule has 0 saturated heterocycles. The van der Waals surface area contributed by atoms with Gasteiger partial charge in [-0.1, -0.05) is 59.1 Å². The van der Waals surface area contributed by atoms with Crippen LogP contribution in [0.1, 0.15) is 31.8 Å². The number of halogens is 3. The van der Waals surface area contributed by atoms with Gasteiger partial charge in [0.2, 0.25) is 0 Å². The van der Waals surface area contributed by atoms with Gasteiger partial charge in [0.05, 0.1) is 20.5 Å². The maximum Gasteiger partial charge on any atom is 0.326 e. The van der Waals surface area contributed by atoms with E-state index in [2.05, 4.69) is 10.6 Å². The Morgan fingerprint density at radius 2 is 1.51 bits per heavy atom. The Kier molecular flexibility index (Phi) is 9.20. The highest BCUT2D eigenvalue weighted by Gasteiger charge is 2.25. The molecule has 0 spiro atoms. The standard InChI is InChI=1S/C25H21Cl3N2O6S/c1-37(35,36)18-4-2-3-15(9-18)10-21(25(33)34)30-24(32)22-19(27)11-16(12-20(22)28)23(31)29-13-14-5-7-17(26)8-6-14/h2-9,11-12,21H,10,13H2,1H3,(H,29,31)(H,30,32)(H,33,34)/t21-/m0/s1. The maximum atomic E-state index is 12.9. The number of amides is 2. The second-order valence-electron chi connectivity index (χ2n) is 8.11. The first kappa shape index (κ1) is 28.5. The van der Waals surface area contributed by atoms with E-state index in [0.29, 0.717) is 10.6 Å². The fourth-order valence-corrected chi connectivity index (χ4v) is 4.85. The first-order valence-electron chi connectivity index (χ1n) is 10.7. The number of hydrogen-bond acceptors (Lipinski definition) is 5. The molecule has 3 N–H and O–H groups in total. The van der Waals surface area contributed by atoms with Crippen molar-refractivity contribution < 1.29 is 27.9 Å². The Balaban J connectivity index is 1.74. The van der Waals surface area contributed by atoms with E-state index in [9.17, 15) is 27.9 Å². The van der Waals surface area contributed by atoms with E-state index in [0.717, 1.165) is 11.8 Å². The molecule has 0 aliphatic carbocycles. The molecule has 1 atom stereocenters. The van der Waals surface area contributed by atoms with Crippen molar-refractivity contribution in [1.29, 1.82) is 0 Å². The van der Waals surface area contributed by atoms with Gasteiger partial charge in [-0.05, 0) is 47.5 Å². The van der Waals surface area contributed by atoms with Crippen molar-refractivity contribution in [1.82, 2.24) is 10.6 Å². The van der Waals surface area contributed by atoms with Crippen LogP contribution in [0.25, 0.3) is 0 Å². The minimum absolute atomic E-state index is 0.0245. The number of carbonyl (C=O) groups is 3. The topological polar surface area (TPSA) is 130 Å². The molecule has 0 bridgehead atoms. The molecule has 2 amide bonds. The van der Waals surface area contributed by atoms with Crippen LogP contribution in [0, 0.1) is 0 Å². The maximum absolute atomic E-state index is 12.9. The minimum Gasteiger partial charge on any atom is -0.480 e. The molecule has 3 aromatic rings. The van der Waals surface area contributed by atoms with Crippen molar-refractivity contribution in [3.05, 3.63) is 98.0 Å². The molecule has 3 rings (SSSR count). The third-order valence-electron chi connectivity index (χ3n) is 5.27. The van der Waals surface area contributed by atoms with E-state index >= 15 is 0 Å². The fraction of sp³-hybridized carbons (Fsp3) is 0.160. The molecular weight excluding hydrogens is 563 g/mol. The average molecular weight is 584 g/mol. The molecule has 0 radical (unpaired) electrons. The molecule has 0 saturated carbocycles. The van der Waals surface area contributed by atoms with Gasteiger partial charge in [0.15, 0.2) is 9.84 Å². The Bertz CT molecular complexity index is 1440. The van der Waals surface area contributed by atoms with Gasteiger partial charge in [0, 0.05) is 29.8 Å². The van der Waals surface area contributed by atoms with Crippen LogP contribution in [-0.2, 0) is 27.6 Å². The Morgan fingerprint density at radius 1 is 0.892 bits per heavy atom. The van der Waals surface area contributed by atoms with Crippen molar-refractivity contribution in [3.63, 3.8) is 0 Å². The average Bonchev–Trinajstić information content (AvgIpc) is 2.82. The van der Waals surface area contributed by atoms with Gasteiger partial charge in [-0.2, -0.15) is 0 Å². The highest BCUT2D eigenvalue weighted by molar-refractivity contribution is 7.90. The lowest BCUT2D eigenvalue weighted by Crippen LogP contribution is -2.42. The zero-order valence-electron chi connectivity index (χ0n) is 19.3. The second-order valence-corrected chi connectivity index (χ2v) is 11.4. The predicted molar refractivity (Wildman–Crippen MR) is 141 cm³/mol. The Morgan fingerprint density at radius 3 is 2.08 bits per heavy atom. The smallest absolute Gasteiger partial charge is 0.326 e. The Hall–Kier alpha value is -3.11. The molecule has 37 heavy (non-hydrogen) atoms. The molecule has 0 fully saturated rings. The molecule has 0 aliphatic heterocycles. The lowest BCUT2D eigenvalue weighted by Gasteiger charge is -2.17. The first-order chi connectivity index (χ1) is 17.3. The van der Waals surface area contributed by atoms with Crippen LogP contribution < -0.4 is 10.6 Å². The highest BCUT2D eigenvalue weighted by atomic mass is 35.5. The lowest BCUT2D eigenvalue weighted by atomic mass is 10.0. The number of benzene rings is 3. The van der Waals surface area contributed by atoms with Crippen LogP contribution in [0.4, 0.5) is 0 Å². The van der Waals surface area contributed by atoms with E-state index in [1.54, 1.807) is 30.3 Å². The number of hydrogen-bond donors (Lipinski definition) is 3. The lowest BCUT2D eigenvalue weighted by molar-refractivity contribution is -0.139. The quantitative estimate of drug-likeness (QED) is 0.342. The summed E-state index contributed by atoms with van der Waals surface area (Å²) in [7, 11) is -3.50. The van der Waals surface area contributed by atoms with Gasteiger partial charge < -0.3 is 15.7 Å². The number of carboxylic acids is 1. The van der Waals surface area contributed by atoms with Crippen molar-refractivity contribution in [2.24, 2.45) is 0 Å². The molecule has 194 valence electrons. The van der Waals surface area contributed by atoms with Crippen LogP contribution in [0.15, 0.2) is 65.6 Å². The van der Waals surface area contributed by atoms with E-state index in [-0.39, 0.29) is 39.0 Å². The van der Waals surface area contributed by atoms with E-state index in [1.807, 2.05) is 0 Å². The van der Waals surface area contributed by atoms with Crippen LogP contribution in [0.5, 0.6) is 0 Å². The van der Waals surface area contributed by atoms with Crippen LogP contribution >= 0.6 is 34.8 Å². The predicted octanol–water partition coefficient (Wildman–Crippen LogP) is 4.41. The molecule has 0 aliphatic rings. The van der Waals surface area contributed by atoms with Crippen LogP contribution in [-0.4, -0.2) is 43.6 Å². The minimum atomic E-state index is -3.50. The molecule has 0 heterocycles. The SMILES string of the molecule is CS(=O)(=O)c1cccc(C[C@H](NC(=O)c2c(Cl)cc(C(=O)NCc3ccc(Cl)cc3)cc2Cl)C(=O)O)c1. The zero-order chi connectivity index (χ0) is 27.3. The summed E-state index contributed by atoms with van der Waals surface area (Å²) in [6, 6.07) is 13.8. The number of carboxylic acid groups (broad SMARTS) is 1. The van der Waals surface area contributed by atoms with Crippen molar-refractivity contribution >= 4 is 62.4 Å². The molecule has 0 aromatic heterocycles.